The SMILES string of the molecule is C#CCC(CC)NCC(C)(O)c1ccccc1. The number of hydrogen-bond donors (Lipinski definition) is 2. The Balaban J connectivity index is 2.58. The van der Waals surface area contributed by atoms with E-state index in [9.17, 15) is 5.11 Å². The molecule has 2 atom stereocenters. The highest BCUT2D eigenvalue weighted by Crippen LogP contribution is 2.19. The Morgan fingerprint density at radius 2 is 2.06 bits per heavy atom. The van der Waals surface area contributed by atoms with E-state index in [1.807, 2.05) is 37.3 Å². The van der Waals surface area contributed by atoms with Gasteiger partial charge in [-0.1, -0.05) is 37.3 Å². The third kappa shape index (κ3) is 4.22. The summed E-state index contributed by atoms with van der Waals surface area (Å²) in [6.45, 7) is 4.42. The van der Waals surface area contributed by atoms with E-state index in [1.54, 1.807) is 0 Å². The van der Waals surface area contributed by atoms with Gasteiger partial charge in [-0.3, -0.25) is 0 Å². The van der Waals surface area contributed by atoms with Gasteiger partial charge < -0.3 is 10.4 Å². The molecule has 1 aromatic rings. The maximum absolute atomic E-state index is 10.4. The second-order valence-corrected chi connectivity index (χ2v) is 4.53. The maximum Gasteiger partial charge on any atom is 0.0992 e. The van der Waals surface area contributed by atoms with Gasteiger partial charge >= 0.3 is 0 Å². The van der Waals surface area contributed by atoms with E-state index >= 15 is 0 Å². The average Bonchev–Trinajstić information content (AvgIpc) is 2.35. The van der Waals surface area contributed by atoms with Gasteiger partial charge in [-0.15, -0.1) is 12.3 Å². The molecule has 0 spiro atoms. The fourth-order valence-electron chi connectivity index (χ4n) is 1.75. The van der Waals surface area contributed by atoms with E-state index in [2.05, 4.69) is 18.2 Å². The van der Waals surface area contributed by atoms with Crippen molar-refractivity contribution in [3.63, 3.8) is 0 Å². The minimum atomic E-state index is -0.858. The molecule has 1 rings (SSSR count). The summed E-state index contributed by atoms with van der Waals surface area (Å²) >= 11 is 0. The lowest BCUT2D eigenvalue weighted by Gasteiger charge is -2.27. The minimum absolute atomic E-state index is 0.273. The van der Waals surface area contributed by atoms with Crippen LogP contribution in [0.3, 0.4) is 0 Å². The number of nitrogens with one attached hydrogen (secondary N) is 1. The highest BCUT2D eigenvalue weighted by Gasteiger charge is 2.23. The summed E-state index contributed by atoms with van der Waals surface area (Å²) < 4.78 is 0. The van der Waals surface area contributed by atoms with Gasteiger partial charge in [0, 0.05) is 19.0 Å². The molecular weight excluding hydrogens is 210 g/mol. The fourth-order valence-corrected chi connectivity index (χ4v) is 1.75. The van der Waals surface area contributed by atoms with Crippen molar-refractivity contribution in [1.29, 1.82) is 0 Å². The van der Waals surface area contributed by atoms with Crippen molar-refractivity contribution in [2.75, 3.05) is 6.54 Å². The zero-order valence-electron chi connectivity index (χ0n) is 10.6. The molecule has 0 bridgehead atoms. The van der Waals surface area contributed by atoms with E-state index in [4.69, 9.17) is 6.42 Å². The maximum atomic E-state index is 10.4. The van der Waals surface area contributed by atoms with Gasteiger partial charge in [-0.25, -0.2) is 0 Å². The molecule has 0 aliphatic rings. The van der Waals surface area contributed by atoms with E-state index in [-0.39, 0.29) is 6.04 Å². The lowest BCUT2D eigenvalue weighted by Crippen LogP contribution is -2.40. The van der Waals surface area contributed by atoms with Crippen molar-refractivity contribution in [2.24, 2.45) is 0 Å². The van der Waals surface area contributed by atoms with Gasteiger partial charge in [0.15, 0.2) is 0 Å². The molecule has 0 aromatic heterocycles. The van der Waals surface area contributed by atoms with Crippen LogP contribution in [0.1, 0.15) is 32.3 Å². The number of terminal acetylenes is 1. The first-order chi connectivity index (χ1) is 8.10. The molecule has 0 fully saturated rings. The lowest BCUT2D eigenvalue weighted by atomic mass is 9.95. The zero-order valence-corrected chi connectivity index (χ0v) is 10.6. The van der Waals surface area contributed by atoms with Gasteiger partial charge in [0.1, 0.15) is 0 Å². The van der Waals surface area contributed by atoms with Crippen molar-refractivity contribution >= 4 is 0 Å². The Morgan fingerprint density at radius 3 is 2.59 bits per heavy atom. The summed E-state index contributed by atoms with van der Waals surface area (Å²) in [5.41, 5.74) is 0.0616. The average molecular weight is 231 g/mol. The van der Waals surface area contributed by atoms with E-state index < -0.39 is 5.60 Å². The largest absolute Gasteiger partial charge is 0.384 e. The molecule has 2 N–H and O–H groups in total. The smallest absolute Gasteiger partial charge is 0.0992 e. The highest BCUT2D eigenvalue weighted by molar-refractivity contribution is 5.21. The number of rotatable bonds is 6. The Kier molecular flexibility index (Phi) is 5.21. The first-order valence-corrected chi connectivity index (χ1v) is 6.05. The number of hydrogen-bond acceptors (Lipinski definition) is 2. The monoisotopic (exact) mass is 231 g/mol. The molecule has 17 heavy (non-hydrogen) atoms. The predicted molar refractivity (Wildman–Crippen MR) is 71.5 cm³/mol. The van der Waals surface area contributed by atoms with Gasteiger partial charge in [0.25, 0.3) is 0 Å². The summed E-state index contributed by atoms with van der Waals surface area (Å²) in [4.78, 5) is 0. The van der Waals surface area contributed by atoms with Gasteiger partial charge in [0.2, 0.25) is 0 Å². The van der Waals surface area contributed by atoms with Crippen molar-refractivity contribution in [2.45, 2.75) is 38.3 Å². The summed E-state index contributed by atoms with van der Waals surface area (Å²) in [6.07, 6.45) is 6.97. The number of benzene rings is 1. The normalized spacial score (nSPS) is 15.9. The topological polar surface area (TPSA) is 32.3 Å². The summed E-state index contributed by atoms with van der Waals surface area (Å²) in [5, 5.41) is 13.7. The quantitative estimate of drug-likeness (QED) is 0.736. The van der Waals surface area contributed by atoms with Crippen LogP contribution in [-0.2, 0) is 5.60 Å². The summed E-state index contributed by atoms with van der Waals surface area (Å²) in [5.74, 6) is 2.65. The molecule has 2 heteroatoms. The van der Waals surface area contributed by atoms with E-state index in [0.29, 0.717) is 13.0 Å². The second-order valence-electron chi connectivity index (χ2n) is 4.53. The molecule has 0 amide bonds. The van der Waals surface area contributed by atoms with Crippen molar-refractivity contribution in [1.82, 2.24) is 5.32 Å². The fraction of sp³-hybridized carbons (Fsp3) is 0.467. The Morgan fingerprint density at radius 1 is 1.41 bits per heavy atom. The predicted octanol–water partition coefficient (Wildman–Crippen LogP) is 2.29. The molecule has 0 radical (unpaired) electrons. The summed E-state index contributed by atoms with van der Waals surface area (Å²) in [6, 6.07) is 9.95. The Hall–Kier alpha value is -1.30. The van der Waals surface area contributed by atoms with Crippen LogP contribution in [0.4, 0.5) is 0 Å². The molecule has 92 valence electrons. The van der Waals surface area contributed by atoms with Crippen LogP contribution in [0.25, 0.3) is 0 Å². The third-order valence-corrected chi connectivity index (χ3v) is 2.99. The lowest BCUT2D eigenvalue weighted by molar-refractivity contribution is 0.0538. The Bertz CT molecular complexity index is 364. The third-order valence-electron chi connectivity index (χ3n) is 2.99. The molecule has 0 aliphatic heterocycles. The zero-order chi connectivity index (χ0) is 12.7. The molecule has 2 nitrogen and oxygen atoms in total. The second kappa shape index (κ2) is 6.44. The van der Waals surface area contributed by atoms with Gasteiger partial charge in [-0.05, 0) is 18.9 Å². The van der Waals surface area contributed by atoms with Crippen LogP contribution >= 0.6 is 0 Å². The van der Waals surface area contributed by atoms with Crippen LogP contribution < -0.4 is 5.32 Å². The van der Waals surface area contributed by atoms with Crippen LogP contribution in [0.15, 0.2) is 30.3 Å². The van der Waals surface area contributed by atoms with Gasteiger partial charge in [-0.2, -0.15) is 0 Å². The minimum Gasteiger partial charge on any atom is -0.384 e. The molecule has 2 unspecified atom stereocenters. The molecule has 0 heterocycles. The van der Waals surface area contributed by atoms with E-state index in [0.717, 1.165) is 12.0 Å². The molecule has 0 aliphatic carbocycles. The number of aliphatic hydroxyl groups is 1. The first-order valence-electron chi connectivity index (χ1n) is 6.05. The molecule has 0 saturated carbocycles. The van der Waals surface area contributed by atoms with Crippen LogP contribution in [0.2, 0.25) is 0 Å². The van der Waals surface area contributed by atoms with Gasteiger partial charge in [0.05, 0.1) is 5.60 Å². The molecular formula is C15H21NO. The summed E-state index contributed by atoms with van der Waals surface area (Å²) in [7, 11) is 0. The van der Waals surface area contributed by atoms with Crippen molar-refractivity contribution in [3.05, 3.63) is 35.9 Å². The first kappa shape index (κ1) is 13.8. The standard InChI is InChI=1S/C15H21NO/c1-4-9-14(5-2)16-12-15(3,17)13-10-7-6-8-11-13/h1,6-8,10-11,14,16-17H,5,9,12H2,2-3H3. The van der Waals surface area contributed by atoms with E-state index in [1.165, 1.54) is 0 Å². The molecule has 1 aromatic carbocycles. The van der Waals surface area contributed by atoms with Crippen LogP contribution in [0, 0.1) is 12.3 Å². The van der Waals surface area contributed by atoms with Crippen LogP contribution in [-0.4, -0.2) is 17.7 Å². The molecule has 0 saturated heterocycles. The highest BCUT2D eigenvalue weighted by atomic mass is 16.3. The Labute approximate surface area is 104 Å². The van der Waals surface area contributed by atoms with Crippen LogP contribution in [0.5, 0.6) is 0 Å². The van der Waals surface area contributed by atoms with Crippen molar-refractivity contribution in [3.8, 4) is 12.3 Å². The van der Waals surface area contributed by atoms with Crippen molar-refractivity contribution < 1.29 is 5.11 Å².